The van der Waals surface area contributed by atoms with Gasteiger partial charge in [0.05, 0.1) is 0 Å². The number of nitrogens with one attached hydrogen (secondary N) is 1. The number of benzene rings is 2. The summed E-state index contributed by atoms with van der Waals surface area (Å²) >= 11 is 0. The molecular formula is C22H23NO3. The minimum Gasteiger partial charge on any atom is -0.486 e. The van der Waals surface area contributed by atoms with E-state index in [0.717, 1.165) is 29.0 Å². The van der Waals surface area contributed by atoms with E-state index in [0.29, 0.717) is 5.76 Å². The summed E-state index contributed by atoms with van der Waals surface area (Å²) < 4.78 is 11.3. The predicted octanol–water partition coefficient (Wildman–Crippen LogP) is 5.29. The van der Waals surface area contributed by atoms with Crippen molar-refractivity contribution in [2.45, 2.75) is 33.8 Å². The van der Waals surface area contributed by atoms with Crippen molar-refractivity contribution in [3.8, 4) is 5.75 Å². The molecule has 3 aromatic rings. The average molecular weight is 349 g/mol. The highest BCUT2D eigenvalue weighted by Crippen LogP contribution is 2.18. The summed E-state index contributed by atoms with van der Waals surface area (Å²) in [5, 5.41) is 2.87. The molecule has 1 heterocycles. The highest BCUT2D eigenvalue weighted by Gasteiger charge is 2.12. The molecule has 0 bridgehead atoms. The van der Waals surface area contributed by atoms with E-state index in [4.69, 9.17) is 9.15 Å². The molecule has 0 atom stereocenters. The number of aryl methyl sites for hydroxylation is 3. The Morgan fingerprint density at radius 1 is 1.00 bits per heavy atom. The van der Waals surface area contributed by atoms with Crippen LogP contribution < -0.4 is 10.1 Å². The Bertz CT molecular complexity index is 874. The Labute approximate surface area is 153 Å². The lowest BCUT2D eigenvalue weighted by molar-refractivity contribution is 0.0992. The van der Waals surface area contributed by atoms with Gasteiger partial charge in [0.1, 0.15) is 18.1 Å². The van der Waals surface area contributed by atoms with E-state index in [9.17, 15) is 4.79 Å². The lowest BCUT2D eigenvalue weighted by Gasteiger charge is -2.06. The molecule has 134 valence electrons. The van der Waals surface area contributed by atoms with Crippen molar-refractivity contribution in [2.75, 3.05) is 5.32 Å². The van der Waals surface area contributed by atoms with Crippen LogP contribution in [0.15, 0.2) is 59.0 Å². The van der Waals surface area contributed by atoms with Crippen LogP contribution in [0, 0.1) is 13.8 Å². The number of anilines is 1. The van der Waals surface area contributed by atoms with Crippen LogP contribution in [0.25, 0.3) is 0 Å². The third-order valence-corrected chi connectivity index (χ3v) is 4.08. The zero-order chi connectivity index (χ0) is 18.5. The smallest absolute Gasteiger partial charge is 0.291 e. The first-order valence-electron chi connectivity index (χ1n) is 8.73. The lowest BCUT2D eigenvalue weighted by Crippen LogP contribution is -2.11. The van der Waals surface area contributed by atoms with Crippen molar-refractivity contribution in [2.24, 2.45) is 0 Å². The first-order valence-corrected chi connectivity index (χ1v) is 8.73. The fourth-order valence-electron chi connectivity index (χ4n) is 2.79. The molecule has 0 spiro atoms. The van der Waals surface area contributed by atoms with Crippen LogP contribution in [0.4, 0.5) is 5.69 Å². The van der Waals surface area contributed by atoms with Gasteiger partial charge in [0.25, 0.3) is 5.91 Å². The fourth-order valence-corrected chi connectivity index (χ4v) is 2.79. The van der Waals surface area contributed by atoms with Gasteiger partial charge in [0.15, 0.2) is 5.76 Å². The van der Waals surface area contributed by atoms with Crippen molar-refractivity contribution in [1.82, 2.24) is 0 Å². The van der Waals surface area contributed by atoms with Gasteiger partial charge in [-0.1, -0.05) is 25.1 Å². The molecule has 0 saturated carbocycles. The summed E-state index contributed by atoms with van der Waals surface area (Å²) in [5.41, 5.74) is 4.23. The first-order chi connectivity index (χ1) is 12.5. The van der Waals surface area contributed by atoms with Crippen LogP contribution in [0.3, 0.4) is 0 Å². The van der Waals surface area contributed by atoms with Crippen LogP contribution in [0.2, 0.25) is 0 Å². The standard InChI is InChI=1S/C22H23NO3/c1-4-17-5-7-19(8-6-17)25-14-20-9-10-21(26-20)22(24)23-18-12-15(2)11-16(3)13-18/h5-13H,4,14H2,1-3H3,(H,23,24). The quantitative estimate of drug-likeness (QED) is 0.658. The van der Waals surface area contributed by atoms with Crippen LogP contribution in [-0.4, -0.2) is 5.91 Å². The molecule has 0 aliphatic carbocycles. The molecule has 1 aromatic heterocycles. The van der Waals surface area contributed by atoms with Gasteiger partial charge in [-0.2, -0.15) is 0 Å². The van der Waals surface area contributed by atoms with E-state index in [2.05, 4.69) is 18.3 Å². The Hall–Kier alpha value is -3.01. The van der Waals surface area contributed by atoms with Gasteiger partial charge < -0.3 is 14.5 Å². The summed E-state index contributed by atoms with van der Waals surface area (Å²) in [5.74, 6) is 1.38. The molecule has 3 rings (SSSR count). The number of hydrogen-bond acceptors (Lipinski definition) is 3. The Morgan fingerprint density at radius 2 is 1.69 bits per heavy atom. The largest absolute Gasteiger partial charge is 0.486 e. The summed E-state index contributed by atoms with van der Waals surface area (Å²) in [7, 11) is 0. The highest BCUT2D eigenvalue weighted by atomic mass is 16.5. The summed E-state index contributed by atoms with van der Waals surface area (Å²) in [6.45, 7) is 6.39. The van der Waals surface area contributed by atoms with Crippen molar-refractivity contribution < 1.29 is 13.9 Å². The molecule has 0 radical (unpaired) electrons. The van der Waals surface area contributed by atoms with Gasteiger partial charge in [-0.05, 0) is 73.4 Å². The molecule has 0 aliphatic heterocycles. The van der Waals surface area contributed by atoms with Crippen molar-refractivity contribution in [1.29, 1.82) is 0 Å². The number of hydrogen-bond donors (Lipinski definition) is 1. The third-order valence-electron chi connectivity index (χ3n) is 4.08. The van der Waals surface area contributed by atoms with Gasteiger partial charge in [-0.15, -0.1) is 0 Å². The Balaban J connectivity index is 1.60. The maximum absolute atomic E-state index is 12.3. The number of carbonyl (C=O) groups is 1. The van der Waals surface area contributed by atoms with Crippen LogP contribution in [-0.2, 0) is 13.0 Å². The number of carbonyl (C=O) groups excluding carboxylic acids is 1. The van der Waals surface area contributed by atoms with E-state index >= 15 is 0 Å². The molecule has 0 unspecified atom stereocenters. The van der Waals surface area contributed by atoms with Crippen molar-refractivity contribution in [3.05, 3.63) is 82.8 Å². The molecule has 2 aromatic carbocycles. The van der Waals surface area contributed by atoms with Gasteiger partial charge in [-0.25, -0.2) is 0 Å². The van der Waals surface area contributed by atoms with Gasteiger partial charge >= 0.3 is 0 Å². The van der Waals surface area contributed by atoms with E-state index in [1.165, 1.54) is 5.56 Å². The fraction of sp³-hybridized carbons (Fsp3) is 0.227. The lowest BCUT2D eigenvalue weighted by atomic mass is 10.1. The topological polar surface area (TPSA) is 51.5 Å². The maximum atomic E-state index is 12.3. The van der Waals surface area contributed by atoms with Gasteiger partial charge in [-0.3, -0.25) is 4.79 Å². The predicted molar refractivity (Wildman–Crippen MR) is 103 cm³/mol. The average Bonchev–Trinajstić information content (AvgIpc) is 3.08. The molecule has 0 aliphatic rings. The van der Waals surface area contributed by atoms with E-state index in [1.54, 1.807) is 12.1 Å². The van der Waals surface area contributed by atoms with Crippen molar-refractivity contribution >= 4 is 11.6 Å². The van der Waals surface area contributed by atoms with Gasteiger partial charge in [0.2, 0.25) is 0 Å². The Kier molecular flexibility index (Phi) is 5.42. The normalized spacial score (nSPS) is 10.6. The molecule has 1 N–H and O–H groups in total. The molecular weight excluding hydrogens is 326 g/mol. The SMILES string of the molecule is CCc1ccc(OCc2ccc(C(=O)Nc3cc(C)cc(C)c3)o2)cc1. The number of furan rings is 1. The number of rotatable bonds is 6. The maximum Gasteiger partial charge on any atom is 0.291 e. The molecule has 0 fully saturated rings. The number of ether oxygens (including phenoxy) is 1. The second-order valence-corrected chi connectivity index (χ2v) is 6.38. The molecule has 1 amide bonds. The minimum atomic E-state index is -0.270. The van der Waals surface area contributed by atoms with E-state index in [1.807, 2.05) is 50.2 Å². The summed E-state index contributed by atoms with van der Waals surface area (Å²) in [6.07, 6.45) is 0.997. The summed E-state index contributed by atoms with van der Waals surface area (Å²) in [6, 6.07) is 17.3. The molecule has 4 heteroatoms. The minimum absolute atomic E-state index is 0.268. The molecule has 0 saturated heterocycles. The molecule has 26 heavy (non-hydrogen) atoms. The van der Waals surface area contributed by atoms with E-state index < -0.39 is 0 Å². The van der Waals surface area contributed by atoms with E-state index in [-0.39, 0.29) is 18.3 Å². The van der Waals surface area contributed by atoms with Crippen LogP contribution in [0.1, 0.15) is 39.9 Å². The monoisotopic (exact) mass is 349 g/mol. The summed E-state index contributed by atoms with van der Waals surface area (Å²) in [4.78, 5) is 12.3. The third kappa shape index (κ3) is 4.54. The second kappa shape index (κ2) is 7.91. The zero-order valence-corrected chi connectivity index (χ0v) is 15.3. The van der Waals surface area contributed by atoms with Crippen LogP contribution >= 0.6 is 0 Å². The van der Waals surface area contributed by atoms with Crippen molar-refractivity contribution in [3.63, 3.8) is 0 Å². The van der Waals surface area contributed by atoms with Gasteiger partial charge in [0, 0.05) is 5.69 Å². The highest BCUT2D eigenvalue weighted by molar-refractivity contribution is 6.02. The second-order valence-electron chi connectivity index (χ2n) is 6.38. The first kappa shape index (κ1) is 17.8. The molecule has 4 nitrogen and oxygen atoms in total. The van der Waals surface area contributed by atoms with Crippen LogP contribution in [0.5, 0.6) is 5.75 Å². The zero-order valence-electron chi connectivity index (χ0n) is 15.3. The number of amides is 1. The Morgan fingerprint density at radius 3 is 2.35 bits per heavy atom.